The van der Waals surface area contributed by atoms with Crippen LogP contribution in [-0.4, -0.2) is 24.8 Å². The van der Waals surface area contributed by atoms with Gasteiger partial charge in [0.25, 0.3) is 5.91 Å². The molecule has 2 aromatic rings. The second kappa shape index (κ2) is 8.93. The van der Waals surface area contributed by atoms with E-state index in [4.69, 9.17) is 27.1 Å². The third kappa shape index (κ3) is 4.54. The maximum atomic E-state index is 12.7. The highest BCUT2D eigenvalue weighted by Gasteiger charge is 2.26. The number of hydrogen-bond acceptors (Lipinski definition) is 4. The zero-order valence-electron chi connectivity index (χ0n) is 16.0. The molecule has 1 fully saturated rings. The number of methoxy groups -OCH3 is 1. The SMILES string of the molecule is COc1ccc(N=C2CCCC(NC(=O)c3ccc(C)c(Cl)c3)/C2=C/N)cc1. The number of rotatable bonds is 4. The molecule has 1 atom stereocenters. The average Bonchev–Trinajstić information content (AvgIpc) is 2.71. The molecule has 0 bridgehead atoms. The molecule has 1 saturated carbocycles. The van der Waals surface area contributed by atoms with Gasteiger partial charge in [-0.3, -0.25) is 9.79 Å². The molecule has 28 heavy (non-hydrogen) atoms. The van der Waals surface area contributed by atoms with Crippen molar-refractivity contribution in [3.8, 4) is 5.75 Å². The summed E-state index contributed by atoms with van der Waals surface area (Å²) in [6, 6.07) is 12.7. The molecule has 146 valence electrons. The Bertz CT molecular complexity index is 920. The maximum Gasteiger partial charge on any atom is 0.251 e. The molecular formula is C22H24ClN3O2. The normalized spacial score (nSPS) is 19.6. The van der Waals surface area contributed by atoms with Crippen LogP contribution in [0.2, 0.25) is 5.02 Å². The smallest absolute Gasteiger partial charge is 0.251 e. The molecule has 1 aliphatic carbocycles. The number of nitrogens with zero attached hydrogens (tertiary/aromatic N) is 1. The predicted octanol–water partition coefficient (Wildman–Crippen LogP) is 4.55. The Labute approximate surface area is 170 Å². The topological polar surface area (TPSA) is 76.7 Å². The lowest BCUT2D eigenvalue weighted by molar-refractivity contribution is 0.0941. The Morgan fingerprint density at radius 2 is 2.04 bits per heavy atom. The summed E-state index contributed by atoms with van der Waals surface area (Å²) < 4.78 is 5.18. The van der Waals surface area contributed by atoms with E-state index in [1.165, 1.54) is 0 Å². The van der Waals surface area contributed by atoms with Crippen molar-refractivity contribution in [1.29, 1.82) is 0 Å². The van der Waals surface area contributed by atoms with Gasteiger partial charge in [-0.1, -0.05) is 17.7 Å². The molecule has 2 aromatic carbocycles. The molecule has 0 aliphatic heterocycles. The molecule has 0 heterocycles. The Kier molecular flexibility index (Phi) is 6.37. The summed E-state index contributed by atoms with van der Waals surface area (Å²) in [5, 5.41) is 3.65. The standard InChI is InChI=1S/C22H24ClN3O2/c1-14-6-7-15(12-19(14)23)22(27)26-21-5-3-4-20(18(21)13-24)25-16-8-10-17(28-2)11-9-16/h6-13,21H,3-5,24H2,1-2H3,(H,26,27)/b18-13+,25-20?. The Hall–Kier alpha value is -2.79. The molecule has 3 rings (SSSR count). The zero-order chi connectivity index (χ0) is 20.1. The van der Waals surface area contributed by atoms with Gasteiger partial charge in [0.15, 0.2) is 0 Å². The van der Waals surface area contributed by atoms with Crippen LogP contribution in [0.15, 0.2) is 59.2 Å². The fraction of sp³-hybridized carbons (Fsp3) is 0.273. The van der Waals surface area contributed by atoms with Gasteiger partial charge in [-0.15, -0.1) is 0 Å². The summed E-state index contributed by atoms with van der Waals surface area (Å²) in [4.78, 5) is 17.4. The van der Waals surface area contributed by atoms with E-state index in [2.05, 4.69) is 5.32 Å². The Morgan fingerprint density at radius 1 is 1.29 bits per heavy atom. The molecular weight excluding hydrogens is 374 g/mol. The van der Waals surface area contributed by atoms with Crippen LogP contribution in [0.1, 0.15) is 35.2 Å². The van der Waals surface area contributed by atoms with Crippen LogP contribution < -0.4 is 15.8 Å². The summed E-state index contributed by atoms with van der Waals surface area (Å²) in [6.45, 7) is 1.91. The lowest BCUT2D eigenvalue weighted by atomic mass is 9.88. The van der Waals surface area contributed by atoms with Gasteiger partial charge < -0.3 is 15.8 Å². The van der Waals surface area contributed by atoms with Crippen molar-refractivity contribution >= 4 is 28.9 Å². The summed E-state index contributed by atoms with van der Waals surface area (Å²) in [6.07, 6.45) is 4.11. The van der Waals surface area contributed by atoms with Crippen LogP contribution in [-0.2, 0) is 0 Å². The minimum atomic E-state index is -0.177. The number of hydrogen-bond donors (Lipinski definition) is 2. The Morgan fingerprint density at radius 3 is 2.68 bits per heavy atom. The number of ether oxygens (including phenoxy) is 1. The van der Waals surface area contributed by atoms with Gasteiger partial charge in [0.1, 0.15) is 5.75 Å². The number of carbonyl (C=O) groups excluding carboxylic acids is 1. The number of nitrogens with one attached hydrogen (secondary N) is 1. The van der Waals surface area contributed by atoms with Gasteiger partial charge in [-0.05, 0) is 68.1 Å². The number of amides is 1. The van der Waals surface area contributed by atoms with Crippen LogP contribution in [0.4, 0.5) is 5.69 Å². The van der Waals surface area contributed by atoms with E-state index in [-0.39, 0.29) is 11.9 Å². The molecule has 3 N–H and O–H groups in total. The number of aryl methyl sites for hydroxylation is 1. The summed E-state index contributed by atoms with van der Waals surface area (Å²) >= 11 is 6.15. The van der Waals surface area contributed by atoms with Crippen LogP contribution in [0.5, 0.6) is 5.75 Å². The van der Waals surface area contributed by atoms with Crippen LogP contribution in [0, 0.1) is 6.92 Å². The van der Waals surface area contributed by atoms with Crippen molar-refractivity contribution in [2.24, 2.45) is 10.7 Å². The third-order valence-electron chi connectivity index (χ3n) is 4.87. The number of aliphatic imine (C=N–C) groups is 1. The second-order valence-corrected chi connectivity index (χ2v) is 7.17. The van der Waals surface area contributed by atoms with Gasteiger partial charge in [0.2, 0.25) is 0 Å². The van der Waals surface area contributed by atoms with Crippen LogP contribution >= 0.6 is 11.6 Å². The first-order valence-electron chi connectivity index (χ1n) is 9.22. The molecule has 0 spiro atoms. The highest BCUT2D eigenvalue weighted by Crippen LogP contribution is 2.26. The van der Waals surface area contributed by atoms with E-state index in [9.17, 15) is 4.79 Å². The fourth-order valence-corrected chi connectivity index (χ4v) is 3.43. The largest absolute Gasteiger partial charge is 0.497 e. The van der Waals surface area contributed by atoms with Crippen molar-refractivity contribution in [2.45, 2.75) is 32.2 Å². The van der Waals surface area contributed by atoms with Crippen LogP contribution in [0.3, 0.4) is 0 Å². The molecule has 1 amide bonds. The predicted molar refractivity (Wildman–Crippen MR) is 114 cm³/mol. The fourth-order valence-electron chi connectivity index (χ4n) is 3.25. The van der Waals surface area contributed by atoms with Crippen molar-refractivity contribution in [3.05, 3.63) is 70.4 Å². The third-order valence-corrected chi connectivity index (χ3v) is 5.28. The minimum absolute atomic E-state index is 0.169. The highest BCUT2D eigenvalue weighted by molar-refractivity contribution is 6.31. The van der Waals surface area contributed by atoms with Crippen molar-refractivity contribution in [1.82, 2.24) is 5.32 Å². The molecule has 6 heteroatoms. The van der Waals surface area contributed by atoms with E-state index in [0.29, 0.717) is 10.6 Å². The van der Waals surface area contributed by atoms with Gasteiger partial charge in [0, 0.05) is 28.1 Å². The summed E-state index contributed by atoms with van der Waals surface area (Å²) in [5.74, 6) is 0.612. The summed E-state index contributed by atoms with van der Waals surface area (Å²) in [5.41, 5.74) is 9.95. The van der Waals surface area contributed by atoms with Crippen LogP contribution in [0.25, 0.3) is 0 Å². The first-order valence-corrected chi connectivity index (χ1v) is 9.60. The monoisotopic (exact) mass is 397 g/mol. The van der Waals surface area contributed by atoms with Gasteiger partial charge in [-0.25, -0.2) is 0 Å². The lowest BCUT2D eigenvalue weighted by Gasteiger charge is -2.27. The molecule has 1 aliphatic rings. The van der Waals surface area contributed by atoms with Crippen molar-refractivity contribution in [3.63, 3.8) is 0 Å². The molecule has 0 aromatic heterocycles. The number of benzene rings is 2. The summed E-state index contributed by atoms with van der Waals surface area (Å²) in [7, 11) is 1.63. The first kappa shape index (κ1) is 20.0. The number of nitrogens with two attached hydrogens (primary N) is 1. The van der Waals surface area contributed by atoms with E-state index in [0.717, 1.165) is 47.5 Å². The van der Waals surface area contributed by atoms with Gasteiger partial charge >= 0.3 is 0 Å². The minimum Gasteiger partial charge on any atom is -0.497 e. The number of carbonyl (C=O) groups is 1. The molecule has 1 unspecified atom stereocenters. The van der Waals surface area contributed by atoms with Crippen molar-refractivity contribution in [2.75, 3.05) is 7.11 Å². The zero-order valence-corrected chi connectivity index (χ0v) is 16.8. The maximum absolute atomic E-state index is 12.7. The lowest BCUT2D eigenvalue weighted by Crippen LogP contribution is -2.41. The molecule has 0 saturated heterocycles. The first-order chi connectivity index (χ1) is 13.5. The average molecular weight is 398 g/mol. The highest BCUT2D eigenvalue weighted by atomic mass is 35.5. The van der Waals surface area contributed by atoms with E-state index >= 15 is 0 Å². The molecule has 5 nitrogen and oxygen atoms in total. The number of halogens is 1. The van der Waals surface area contributed by atoms with E-state index < -0.39 is 0 Å². The quantitative estimate of drug-likeness (QED) is 0.794. The van der Waals surface area contributed by atoms with Crippen molar-refractivity contribution < 1.29 is 9.53 Å². The van der Waals surface area contributed by atoms with E-state index in [1.807, 2.05) is 37.3 Å². The van der Waals surface area contributed by atoms with E-state index in [1.54, 1.807) is 25.4 Å². The second-order valence-electron chi connectivity index (χ2n) is 6.76. The van der Waals surface area contributed by atoms with Gasteiger partial charge in [0.05, 0.1) is 18.8 Å². The molecule has 0 radical (unpaired) electrons. The Balaban J connectivity index is 1.78. The van der Waals surface area contributed by atoms with Gasteiger partial charge in [-0.2, -0.15) is 0 Å².